The molecule has 7 nitrogen and oxygen atoms in total. The van der Waals surface area contributed by atoms with Crippen LogP contribution in [0.15, 0.2) is 76.5 Å². The zero-order valence-electron chi connectivity index (χ0n) is 23.6. The number of sulfonamides is 1. The Hall–Kier alpha value is -2.72. The van der Waals surface area contributed by atoms with E-state index in [1.165, 1.54) is 28.8 Å². The zero-order valence-corrected chi connectivity index (χ0v) is 26.7. The van der Waals surface area contributed by atoms with Gasteiger partial charge in [0.25, 0.3) is 10.0 Å². The van der Waals surface area contributed by atoms with Gasteiger partial charge in [-0.2, -0.15) is 0 Å². The van der Waals surface area contributed by atoms with E-state index in [0.29, 0.717) is 27.8 Å². The summed E-state index contributed by atoms with van der Waals surface area (Å²) in [4.78, 5) is 29.4. The van der Waals surface area contributed by atoms with Gasteiger partial charge in [-0.05, 0) is 80.6 Å². The van der Waals surface area contributed by atoms with Crippen molar-refractivity contribution in [3.8, 4) is 0 Å². The Bertz CT molecular complexity index is 1450. The number of carbonyl (C=O) groups is 2. The molecule has 0 aliphatic rings. The summed E-state index contributed by atoms with van der Waals surface area (Å²) in [6.45, 7) is 5.54. The first-order valence-electron chi connectivity index (χ1n) is 13.2. The molecular formula is C30H35Cl2N3O4S2. The third-order valence-corrected chi connectivity index (χ3v) is 9.85. The molecule has 0 aromatic heterocycles. The number of amides is 2. The monoisotopic (exact) mass is 635 g/mol. The summed E-state index contributed by atoms with van der Waals surface area (Å²) < 4.78 is 29.0. The minimum absolute atomic E-state index is 0.0301. The molecule has 0 fully saturated rings. The van der Waals surface area contributed by atoms with E-state index in [4.69, 9.17) is 23.2 Å². The fourth-order valence-corrected chi connectivity index (χ4v) is 6.21. The largest absolute Gasteiger partial charge is 0.354 e. The fraction of sp³-hybridized carbons (Fsp3) is 0.333. The van der Waals surface area contributed by atoms with Crippen molar-refractivity contribution in [2.45, 2.75) is 56.0 Å². The second-order valence-electron chi connectivity index (χ2n) is 9.61. The van der Waals surface area contributed by atoms with Crippen LogP contribution < -0.4 is 9.62 Å². The lowest BCUT2D eigenvalue weighted by Gasteiger charge is -2.32. The summed E-state index contributed by atoms with van der Waals surface area (Å²) in [5.41, 5.74) is 1.94. The number of aryl methyl sites for hydroxylation is 1. The molecular weight excluding hydrogens is 601 g/mol. The Balaban J connectivity index is 2.01. The van der Waals surface area contributed by atoms with Crippen LogP contribution in [0.2, 0.25) is 10.0 Å². The predicted molar refractivity (Wildman–Crippen MR) is 168 cm³/mol. The number of rotatable bonds is 13. The molecule has 0 aliphatic heterocycles. The average Bonchev–Trinajstić information content (AvgIpc) is 2.96. The van der Waals surface area contributed by atoms with Crippen molar-refractivity contribution in [3.63, 3.8) is 0 Å². The minimum atomic E-state index is -4.13. The van der Waals surface area contributed by atoms with E-state index < -0.39 is 28.5 Å². The molecule has 220 valence electrons. The molecule has 3 aromatic carbocycles. The molecule has 0 saturated heterocycles. The molecule has 0 bridgehead atoms. The Labute approximate surface area is 257 Å². The topological polar surface area (TPSA) is 86.8 Å². The van der Waals surface area contributed by atoms with Gasteiger partial charge in [-0.1, -0.05) is 60.3 Å². The number of nitrogens with one attached hydrogen (secondary N) is 1. The highest BCUT2D eigenvalue weighted by Crippen LogP contribution is 2.27. The van der Waals surface area contributed by atoms with Crippen molar-refractivity contribution in [1.29, 1.82) is 0 Å². The molecule has 0 spiro atoms. The molecule has 0 aliphatic carbocycles. The van der Waals surface area contributed by atoms with E-state index >= 15 is 0 Å². The van der Waals surface area contributed by atoms with Gasteiger partial charge in [0.2, 0.25) is 11.8 Å². The van der Waals surface area contributed by atoms with Crippen LogP contribution in [0.5, 0.6) is 0 Å². The summed E-state index contributed by atoms with van der Waals surface area (Å²) in [5.74, 6) is -0.872. The lowest BCUT2D eigenvalue weighted by atomic mass is 10.1. The Morgan fingerprint density at radius 3 is 2.22 bits per heavy atom. The van der Waals surface area contributed by atoms with Crippen LogP contribution in [0, 0.1) is 6.92 Å². The number of carbonyl (C=O) groups excluding carboxylic acids is 2. The quantitative estimate of drug-likeness (QED) is 0.170. The summed E-state index contributed by atoms with van der Waals surface area (Å²) in [7, 11) is -4.13. The average molecular weight is 637 g/mol. The van der Waals surface area contributed by atoms with Gasteiger partial charge in [-0.15, -0.1) is 11.8 Å². The van der Waals surface area contributed by atoms with Crippen molar-refractivity contribution in [2.24, 2.45) is 0 Å². The van der Waals surface area contributed by atoms with E-state index in [-0.39, 0.29) is 17.3 Å². The number of unbranched alkanes of at least 4 members (excludes halogenated alkanes) is 1. The minimum Gasteiger partial charge on any atom is -0.354 e. The van der Waals surface area contributed by atoms with Crippen LogP contribution >= 0.6 is 35.0 Å². The molecule has 3 aromatic rings. The zero-order chi connectivity index (χ0) is 30.2. The Morgan fingerprint density at radius 2 is 1.63 bits per heavy atom. The summed E-state index contributed by atoms with van der Waals surface area (Å²) >= 11 is 13.8. The lowest BCUT2D eigenvalue weighted by Crippen LogP contribution is -2.51. The van der Waals surface area contributed by atoms with E-state index in [9.17, 15) is 18.0 Å². The highest BCUT2D eigenvalue weighted by Gasteiger charge is 2.32. The third-order valence-electron chi connectivity index (χ3n) is 6.58. The summed E-state index contributed by atoms with van der Waals surface area (Å²) in [5, 5.41) is 3.55. The van der Waals surface area contributed by atoms with Gasteiger partial charge in [-0.25, -0.2) is 8.42 Å². The fourth-order valence-electron chi connectivity index (χ4n) is 4.07. The second kappa shape index (κ2) is 15.0. The highest BCUT2D eigenvalue weighted by atomic mass is 35.5. The number of hydrogen-bond acceptors (Lipinski definition) is 5. The van der Waals surface area contributed by atoms with Crippen LogP contribution in [0.25, 0.3) is 0 Å². The number of anilines is 1. The maximum absolute atomic E-state index is 14.0. The molecule has 2 amide bonds. The first-order chi connectivity index (χ1) is 19.5. The van der Waals surface area contributed by atoms with Crippen molar-refractivity contribution in [1.82, 2.24) is 10.2 Å². The highest BCUT2D eigenvalue weighted by molar-refractivity contribution is 7.98. The number of hydrogen-bond donors (Lipinski definition) is 1. The first-order valence-corrected chi connectivity index (χ1v) is 16.6. The van der Waals surface area contributed by atoms with E-state index in [2.05, 4.69) is 5.32 Å². The molecule has 0 saturated carbocycles. The Morgan fingerprint density at radius 1 is 0.976 bits per heavy atom. The molecule has 1 atom stereocenters. The molecule has 0 radical (unpaired) electrons. The molecule has 0 unspecified atom stereocenters. The number of halogens is 2. The van der Waals surface area contributed by atoms with Crippen LogP contribution in [0.4, 0.5) is 5.69 Å². The van der Waals surface area contributed by atoms with Crippen molar-refractivity contribution in [2.75, 3.05) is 23.7 Å². The van der Waals surface area contributed by atoms with Gasteiger partial charge in [0, 0.05) is 18.0 Å². The van der Waals surface area contributed by atoms with Crippen molar-refractivity contribution in [3.05, 3.63) is 87.9 Å². The smallest absolute Gasteiger partial charge is 0.264 e. The predicted octanol–water partition coefficient (Wildman–Crippen LogP) is 6.55. The van der Waals surface area contributed by atoms with E-state index in [0.717, 1.165) is 27.6 Å². The SMILES string of the molecule is CCCCNC(=O)[C@@H](C)N(Cc1ccc(Cl)c(Cl)c1)C(=O)CN(c1ccc(C)cc1)S(=O)(=O)c1ccc(SC)cc1. The van der Waals surface area contributed by atoms with Gasteiger partial charge in [0.15, 0.2) is 0 Å². The number of benzene rings is 3. The first kappa shape index (κ1) is 32.8. The van der Waals surface area contributed by atoms with Gasteiger partial charge in [0.1, 0.15) is 12.6 Å². The molecule has 0 heterocycles. The third kappa shape index (κ3) is 8.64. The summed E-state index contributed by atoms with van der Waals surface area (Å²) in [6.07, 6.45) is 3.61. The van der Waals surface area contributed by atoms with Crippen LogP contribution in [-0.2, 0) is 26.2 Å². The maximum atomic E-state index is 14.0. The Kier molecular flexibility index (Phi) is 12.0. The molecule has 1 N–H and O–H groups in total. The van der Waals surface area contributed by atoms with E-state index in [1.54, 1.807) is 61.5 Å². The van der Waals surface area contributed by atoms with Gasteiger partial charge >= 0.3 is 0 Å². The van der Waals surface area contributed by atoms with Crippen LogP contribution in [0.1, 0.15) is 37.8 Å². The standard InChI is InChI=1S/C30H35Cl2N3O4S2/c1-5-6-17-33-30(37)22(3)34(19-23-9-16-27(31)28(32)18-23)29(36)20-35(24-10-7-21(2)8-11-24)41(38,39)26-14-12-25(40-4)13-15-26/h7-16,18,22H,5-6,17,19-20H2,1-4H3,(H,33,37)/t22-/m1/s1. The van der Waals surface area contributed by atoms with Crippen molar-refractivity contribution < 1.29 is 18.0 Å². The maximum Gasteiger partial charge on any atom is 0.264 e. The molecule has 41 heavy (non-hydrogen) atoms. The summed E-state index contributed by atoms with van der Waals surface area (Å²) in [6, 6.07) is 17.5. The molecule has 3 rings (SSSR count). The van der Waals surface area contributed by atoms with Gasteiger partial charge < -0.3 is 10.2 Å². The van der Waals surface area contributed by atoms with Crippen LogP contribution in [-0.4, -0.2) is 50.5 Å². The van der Waals surface area contributed by atoms with Gasteiger partial charge in [0.05, 0.1) is 20.6 Å². The van der Waals surface area contributed by atoms with Crippen molar-refractivity contribution >= 4 is 62.5 Å². The molecule has 11 heteroatoms. The van der Waals surface area contributed by atoms with Gasteiger partial charge in [-0.3, -0.25) is 13.9 Å². The number of thioether (sulfide) groups is 1. The number of nitrogens with zero attached hydrogens (tertiary/aromatic N) is 2. The van der Waals surface area contributed by atoms with Crippen LogP contribution in [0.3, 0.4) is 0 Å². The normalized spacial score (nSPS) is 12.0. The van der Waals surface area contributed by atoms with E-state index in [1.807, 2.05) is 20.1 Å². The second-order valence-corrected chi connectivity index (χ2v) is 13.2. The lowest BCUT2D eigenvalue weighted by molar-refractivity contribution is -0.139.